The first-order valence-corrected chi connectivity index (χ1v) is 10.4. The zero-order chi connectivity index (χ0) is 18.3. The van der Waals surface area contributed by atoms with E-state index in [2.05, 4.69) is 36.5 Å². The first kappa shape index (κ1) is 20.5. The third-order valence-corrected chi connectivity index (χ3v) is 4.70. The van der Waals surface area contributed by atoms with Gasteiger partial charge >= 0.3 is 0 Å². The SMILES string of the molecule is CCCCCCCCCCNCCc1ccc(Oc2ccccc2)cc1. The fraction of sp³-hybridized carbons (Fsp3) is 0.500. The van der Waals surface area contributed by atoms with Crippen molar-refractivity contribution >= 4 is 0 Å². The van der Waals surface area contributed by atoms with Crippen molar-refractivity contribution in [2.45, 2.75) is 64.7 Å². The molecule has 0 heterocycles. The second-order valence-corrected chi connectivity index (χ2v) is 7.03. The van der Waals surface area contributed by atoms with E-state index in [9.17, 15) is 0 Å². The Labute approximate surface area is 160 Å². The zero-order valence-corrected chi connectivity index (χ0v) is 16.4. The van der Waals surface area contributed by atoms with Gasteiger partial charge < -0.3 is 10.1 Å². The number of ether oxygens (including phenoxy) is 1. The Bertz CT molecular complexity index is 565. The molecule has 0 saturated heterocycles. The number of rotatable bonds is 14. The van der Waals surface area contributed by atoms with Gasteiger partial charge in [-0.25, -0.2) is 0 Å². The molecule has 2 rings (SSSR count). The second kappa shape index (κ2) is 13.4. The molecule has 0 aromatic heterocycles. The van der Waals surface area contributed by atoms with Crippen molar-refractivity contribution in [1.29, 1.82) is 0 Å². The average Bonchev–Trinajstić information content (AvgIpc) is 2.68. The summed E-state index contributed by atoms with van der Waals surface area (Å²) < 4.78 is 5.83. The molecule has 0 atom stereocenters. The molecule has 2 aromatic carbocycles. The predicted octanol–water partition coefficient (Wildman–Crippen LogP) is 6.75. The van der Waals surface area contributed by atoms with Gasteiger partial charge in [0.15, 0.2) is 0 Å². The third-order valence-electron chi connectivity index (χ3n) is 4.70. The molecule has 0 radical (unpaired) electrons. The van der Waals surface area contributed by atoms with Crippen LogP contribution in [-0.2, 0) is 6.42 Å². The van der Waals surface area contributed by atoms with E-state index in [1.165, 1.54) is 56.9 Å². The van der Waals surface area contributed by atoms with Crippen molar-refractivity contribution in [2.75, 3.05) is 13.1 Å². The van der Waals surface area contributed by atoms with E-state index in [0.717, 1.165) is 31.0 Å². The molecule has 0 unspecified atom stereocenters. The maximum absolute atomic E-state index is 5.83. The molecule has 0 spiro atoms. The lowest BCUT2D eigenvalue weighted by Crippen LogP contribution is -2.18. The third kappa shape index (κ3) is 9.05. The highest BCUT2D eigenvalue weighted by Crippen LogP contribution is 2.21. The van der Waals surface area contributed by atoms with Gasteiger partial charge in [-0.15, -0.1) is 0 Å². The van der Waals surface area contributed by atoms with Crippen molar-refractivity contribution in [1.82, 2.24) is 5.32 Å². The van der Waals surface area contributed by atoms with E-state index in [0.29, 0.717) is 0 Å². The molecule has 0 aliphatic rings. The van der Waals surface area contributed by atoms with Crippen molar-refractivity contribution in [3.05, 3.63) is 60.2 Å². The molecule has 0 aliphatic heterocycles. The van der Waals surface area contributed by atoms with Crippen LogP contribution < -0.4 is 10.1 Å². The summed E-state index contributed by atoms with van der Waals surface area (Å²) in [4.78, 5) is 0. The minimum absolute atomic E-state index is 0.882. The van der Waals surface area contributed by atoms with Gasteiger partial charge in [0.1, 0.15) is 11.5 Å². The maximum Gasteiger partial charge on any atom is 0.127 e. The molecule has 0 bridgehead atoms. The van der Waals surface area contributed by atoms with Crippen molar-refractivity contribution in [3.63, 3.8) is 0 Å². The Morgan fingerprint density at radius 1 is 0.654 bits per heavy atom. The molecule has 26 heavy (non-hydrogen) atoms. The van der Waals surface area contributed by atoms with E-state index >= 15 is 0 Å². The standard InChI is InChI=1S/C24H35NO/c1-2-3-4-5-6-7-8-12-20-25-21-19-22-15-17-24(18-16-22)26-23-13-10-9-11-14-23/h9-11,13-18,25H,2-8,12,19-21H2,1H3. The highest BCUT2D eigenvalue weighted by Gasteiger charge is 1.98. The summed E-state index contributed by atoms with van der Waals surface area (Å²) >= 11 is 0. The largest absolute Gasteiger partial charge is 0.457 e. The van der Waals surface area contributed by atoms with Crippen LogP contribution in [0.2, 0.25) is 0 Å². The van der Waals surface area contributed by atoms with Crippen LogP contribution in [-0.4, -0.2) is 13.1 Å². The van der Waals surface area contributed by atoms with E-state index in [-0.39, 0.29) is 0 Å². The molecule has 2 aromatic rings. The second-order valence-electron chi connectivity index (χ2n) is 7.03. The van der Waals surface area contributed by atoms with E-state index < -0.39 is 0 Å². The number of para-hydroxylation sites is 1. The van der Waals surface area contributed by atoms with Crippen LogP contribution in [0.5, 0.6) is 11.5 Å². The fourth-order valence-electron chi connectivity index (χ4n) is 3.09. The molecule has 0 fully saturated rings. The van der Waals surface area contributed by atoms with Crippen LogP contribution in [0.4, 0.5) is 0 Å². The molecule has 2 nitrogen and oxygen atoms in total. The number of nitrogens with one attached hydrogen (secondary N) is 1. The Kier molecular flexibility index (Phi) is 10.6. The van der Waals surface area contributed by atoms with Crippen LogP contribution in [0, 0.1) is 0 Å². The summed E-state index contributed by atoms with van der Waals surface area (Å²) in [6.07, 6.45) is 12.1. The zero-order valence-electron chi connectivity index (χ0n) is 16.4. The van der Waals surface area contributed by atoms with Crippen molar-refractivity contribution in [3.8, 4) is 11.5 Å². The first-order chi connectivity index (χ1) is 12.9. The van der Waals surface area contributed by atoms with Gasteiger partial charge in [0.2, 0.25) is 0 Å². The lowest BCUT2D eigenvalue weighted by molar-refractivity contribution is 0.482. The van der Waals surface area contributed by atoms with Crippen LogP contribution >= 0.6 is 0 Å². The summed E-state index contributed by atoms with van der Waals surface area (Å²) in [5.41, 5.74) is 1.36. The van der Waals surface area contributed by atoms with Crippen molar-refractivity contribution in [2.24, 2.45) is 0 Å². The number of unbranched alkanes of at least 4 members (excludes halogenated alkanes) is 7. The topological polar surface area (TPSA) is 21.3 Å². The van der Waals surface area contributed by atoms with Crippen molar-refractivity contribution < 1.29 is 4.74 Å². The number of hydrogen-bond acceptors (Lipinski definition) is 2. The number of benzene rings is 2. The summed E-state index contributed by atoms with van der Waals surface area (Å²) in [5.74, 6) is 1.78. The Hall–Kier alpha value is -1.80. The maximum atomic E-state index is 5.83. The predicted molar refractivity (Wildman–Crippen MR) is 112 cm³/mol. The minimum atomic E-state index is 0.882. The lowest BCUT2D eigenvalue weighted by Gasteiger charge is -2.08. The summed E-state index contributed by atoms with van der Waals surface area (Å²) in [6, 6.07) is 18.4. The molecule has 2 heteroatoms. The Balaban J connectivity index is 1.49. The number of hydrogen-bond donors (Lipinski definition) is 1. The molecule has 0 saturated carbocycles. The van der Waals surface area contributed by atoms with Crippen LogP contribution in [0.15, 0.2) is 54.6 Å². The van der Waals surface area contributed by atoms with Crippen LogP contribution in [0.1, 0.15) is 63.9 Å². The van der Waals surface area contributed by atoms with E-state index in [4.69, 9.17) is 4.74 Å². The van der Waals surface area contributed by atoms with Gasteiger partial charge in [-0.3, -0.25) is 0 Å². The van der Waals surface area contributed by atoms with Gasteiger partial charge in [-0.05, 0) is 55.8 Å². The van der Waals surface area contributed by atoms with Gasteiger partial charge in [-0.1, -0.05) is 82.2 Å². The molecular weight excluding hydrogens is 318 g/mol. The van der Waals surface area contributed by atoms with E-state index in [1.54, 1.807) is 0 Å². The molecule has 0 aliphatic carbocycles. The van der Waals surface area contributed by atoms with Gasteiger partial charge in [0, 0.05) is 0 Å². The highest BCUT2D eigenvalue weighted by atomic mass is 16.5. The van der Waals surface area contributed by atoms with Gasteiger partial charge in [-0.2, -0.15) is 0 Å². The average molecular weight is 354 g/mol. The fourth-order valence-corrected chi connectivity index (χ4v) is 3.09. The normalized spacial score (nSPS) is 10.8. The smallest absolute Gasteiger partial charge is 0.127 e. The lowest BCUT2D eigenvalue weighted by atomic mass is 10.1. The quantitative estimate of drug-likeness (QED) is 0.379. The molecule has 1 N–H and O–H groups in total. The summed E-state index contributed by atoms with van der Waals surface area (Å²) in [7, 11) is 0. The van der Waals surface area contributed by atoms with Gasteiger partial charge in [0.25, 0.3) is 0 Å². The summed E-state index contributed by atoms with van der Waals surface area (Å²) in [5, 5.41) is 3.57. The van der Waals surface area contributed by atoms with Crippen LogP contribution in [0.3, 0.4) is 0 Å². The molecular formula is C24H35NO. The highest BCUT2D eigenvalue weighted by molar-refractivity contribution is 5.33. The minimum Gasteiger partial charge on any atom is -0.457 e. The first-order valence-electron chi connectivity index (χ1n) is 10.4. The monoisotopic (exact) mass is 353 g/mol. The van der Waals surface area contributed by atoms with Gasteiger partial charge in [0.05, 0.1) is 0 Å². The summed E-state index contributed by atoms with van der Waals surface area (Å²) in [6.45, 7) is 4.47. The van der Waals surface area contributed by atoms with Crippen LogP contribution in [0.25, 0.3) is 0 Å². The Morgan fingerprint density at radius 2 is 1.27 bits per heavy atom. The molecule has 0 amide bonds. The Morgan fingerprint density at radius 3 is 1.96 bits per heavy atom. The molecule has 142 valence electrons. The van der Waals surface area contributed by atoms with E-state index in [1.807, 2.05) is 30.3 Å².